The van der Waals surface area contributed by atoms with Crippen LogP contribution in [0.5, 0.6) is 11.5 Å². The van der Waals surface area contributed by atoms with Crippen LogP contribution >= 0.6 is 11.3 Å². The molecule has 2 aromatic heterocycles. The highest BCUT2D eigenvalue weighted by molar-refractivity contribution is 7.17. The molecule has 0 saturated heterocycles. The molecule has 1 N–H and O–H groups in total. The van der Waals surface area contributed by atoms with Gasteiger partial charge < -0.3 is 23.7 Å². The van der Waals surface area contributed by atoms with Gasteiger partial charge in [-0.2, -0.15) is 0 Å². The van der Waals surface area contributed by atoms with Gasteiger partial charge in [0.2, 0.25) is 5.89 Å². The molecule has 0 saturated carbocycles. The number of halogens is 1. The summed E-state index contributed by atoms with van der Waals surface area (Å²) in [6, 6.07) is 10.0. The number of carboxylic acids is 1. The normalized spacial score (nSPS) is 12.1. The minimum atomic E-state index is -0.974. The predicted octanol–water partition coefficient (Wildman–Crippen LogP) is 6.06. The van der Waals surface area contributed by atoms with Gasteiger partial charge in [-0.1, -0.05) is 6.07 Å². The standard InChI is InChI=1S/C27H28FNO6S/c1-4-32-23-15-18(28)7-8-20(23)26-29-21(16(3)35-26)10-12-34-22-9-6-17(25-19(22)11-13-36-25)14-24(27(30)31)33-5-2/h6-9,11,13,15,24H,4-5,10,12,14H2,1-3H3,(H,30,31). The monoisotopic (exact) mass is 513 g/mol. The van der Waals surface area contributed by atoms with Crippen LogP contribution < -0.4 is 9.47 Å². The number of hydrogen-bond donors (Lipinski definition) is 1. The molecule has 0 aliphatic heterocycles. The van der Waals surface area contributed by atoms with Crippen LogP contribution in [0, 0.1) is 12.7 Å². The average molecular weight is 514 g/mol. The number of carbonyl (C=O) groups is 1. The number of oxazole rings is 1. The summed E-state index contributed by atoms with van der Waals surface area (Å²) in [5.74, 6) is 0.775. The molecule has 7 nitrogen and oxygen atoms in total. The van der Waals surface area contributed by atoms with Crippen molar-refractivity contribution in [2.45, 2.75) is 39.7 Å². The zero-order chi connectivity index (χ0) is 25.7. The van der Waals surface area contributed by atoms with Crippen LogP contribution in [-0.2, 0) is 22.4 Å². The Morgan fingerprint density at radius 3 is 2.72 bits per heavy atom. The number of aromatic nitrogens is 1. The third-order valence-corrected chi connectivity index (χ3v) is 6.66. The van der Waals surface area contributed by atoms with Crippen molar-refractivity contribution in [3.63, 3.8) is 0 Å². The molecule has 1 unspecified atom stereocenters. The first-order chi connectivity index (χ1) is 17.4. The number of nitrogens with zero attached hydrogens (tertiary/aromatic N) is 1. The number of thiophene rings is 1. The molecule has 4 aromatic rings. The fraction of sp³-hybridized carbons (Fsp3) is 0.333. The van der Waals surface area contributed by atoms with Crippen LogP contribution in [0.4, 0.5) is 4.39 Å². The van der Waals surface area contributed by atoms with E-state index in [-0.39, 0.29) is 12.2 Å². The van der Waals surface area contributed by atoms with Gasteiger partial charge in [-0.3, -0.25) is 0 Å². The topological polar surface area (TPSA) is 91.0 Å². The zero-order valence-corrected chi connectivity index (χ0v) is 21.2. The number of rotatable bonds is 12. The van der Waals surface area contributed by atoms with Gasteiger partial charge in [0, 0.05) is 35.6 Å². The zero-order valence-electron chi connectivity index (χ0n) is 20.4. The van der Waals surface area contributed by atoms with E-state index in [1.165, 1.54) is 12.1 Å². The lowest BCUT2D eigenvalue weighted by molar-refractivity contribution is -0.149. The quantitative estimate of drug-likeness (QED) is 0.246. The Hall–Kier alpha value is -3.43. The second kappa shape index (κ2) is 11.5. The summed E-state index contributed by atoms with van der Waals surface area (Å²) in [6.45, 7) is 6.55. The minimum Gasteiger partial charge on any atom is -0.493 e. The van der Waals surface area contributed by atoms with Gasteiger partial charge in [-0.25, -0.2) is 14.2 Å². The van der Waals surface area contributed by atoms with Crippen molar-refractivity contribution in [3.8, 4) is 23.0 Å². The molecule has 0 bridgehead atoms. The van der Waals surface area contributed by atoms with E-state index in [1.807, 2.05) is 37.4 Å². The van der Waals surface area contributed by atoms with E-state index < -0.39 is 12.1 Å². The van der Waals surface area contributed by atoms with E-state index in [2.05, 4.69) is 4.98 Å². The van der Waals surface area contributed by atoms with Gasteiger partial charge in [0.1, 0.15) is 23.1 Å². The molecule has 190 valence electrons. The number of aliphatic carboxylic acids is 1. The Morgan fingerprint density at radius 1 is 1.14 bits per heavy atom. The molecule has 36 heavy (non-hydrogen) atoms. The maximum absolute atomic E-state index is 13.7. The Balaban J connectivity index is 1.47. The highest BCUT2D eigenvalue weighted by Crippen LogP contribution is 2.35. The SMILES string of the molecule is CCOc1cc(F)ccc1-c1nc(CCOc2ccc(CC(OCC)C(=O)O)c3sccc23)c(C)o1. The summed E-state index contributed by atoms with van der Waals surface area (Å²) in [4.78, 5) is 16.1. The third kappa shape index (κ3) is 5.68. The first-order valence-electron chi connectivity index (χ1n) is 11.8. The molecule has 0 radical (unpaired) electrons. The molecule has 0 aliphatic carbocycles. The van der Waals surface area contributed by atoms with Crippen molar-refractivity contribution in [1.82, 2.24) is 4.98 Å². The van der Waals surface area contributed by atoms with Crippen molar-refractivity contribution >= 4 is 27.4 Å². The molecule has 2 aromatic carbocycles. The first kappa shape index (κ1) is 25.7. The van der Waals surface area contributed by atoms with Gasteiger partial charge in [0.25, 0.3) is 0 Å². The lowest BCUT2D eigenvalue weighted by Crippen LogP contribution is -2.26. The molecule has 0 aliphatic rings. The summed E-state index contributed by atoms with van der Waals surface area (Å²) in [6.07, 6.45) is -0.0888. The molecule has 0 spiro atoms. The molecule has 9 heteroatoms. The van der Waals surface area contributed by atoms with Crippen molar-refractivity contribution in [1.29, 1.82) is 0 Å². The average Bonchev–Trinajstić information content (AvgIpc) is 3.48. The first-order valence-corrected chi connectivity index (χ1v) is 12.6. The van der Waals surface area contributed by atoms with E-state index in [9.17, 15) is 14.3 Å². The van der Waals surface area contributed by atoms with Crippen LogP contribution in [-0.4, -0.2) is 42.0 Å². The van der Waals surface area contributed by atoms with Crippen molar-refractivity contribution in [2.75, 3.05) is 19.8 Å². The van der Waals surface area contributed by atoms with Crippen molar-refractivity contribution in [2.24, 2.45) is 0 Å². The van der Waals surface area contributed by atoms with Crippen LogP contribution in [0.1, 0.15) is 30.9 Å². The maximum Gasteiger partial charge on any atom is 0.333 e. The van der Waals surface area contributed by atoms with Crippen molar-refractivity contribution in [3.05, 3.63) is 64.6 Å². The van der Waals surface area contributed by atoms with E-state index in [0.29, 0.717) is 49.2 Å². The fourth-order valence-electron chi connectivity index (χ4n) is 3.98. The second-order valence-corrected chi connectivity index (χ2v) is 8.98. The largest absolute Gasteiger partial charge is 0.493 e. The van der Waals surface area contributed by atoms with Gasteiger partial charge in [-0.15, -0.1) is 11.3 Å². The Bertz CT molecular complexity index is 1350. The number of hydrogen-bond acceptors (Lipinski definition) is 7. The highest BCUT2D eigenvalue weighted by Gasteiger charge is 2.21. The number of ether oxygens (including phenoxy) is 3. The van der Waals surface area contributed by atoms with Gasteiger partial charge >= 0.3 is 5.97 Å². The molecule has 2 heterocycles. The summed E-state index contributed by atoms with van der Waals surface area (Å²) in [5.41, 5.74) is 2.25. The van der Waals surface area contributed by atoms with Crippen LogP contribution in [0.25, 0.3) is 21.5 Å². The smallest absolute Gasteiger partial charge is 0.333 e. The summed E-state index contributed by atoms with van der Waals surface area (Å²) in [5, 5.41) is 12.3. The van der Waals surface area contributed by atoms with E-state index >= 15 is 0 Å². The molecule has 1 atom stereocenters. The van der Waals surface area contributed by atoms with Crippen LogP contribution in [0.2, 0.25) is 0 Å². The van der Waals surface area contributed by atoms with E-state index in [4.69, 9.17) is 18.6 Å². The van der Waals surface area contributed by atoms with Crippen LogP contribution in [0.15, 0.2) is 46.2 Å². The second-order valence-electron chi connectivity index (χ2n) is 8.07. The number of aryl methyl sites for hydroxylation is 1. The summed E-state index contributed by atoms with van der Waals surface area (Å²) in [7, 11) is 0. The highest BCUT2D eigenvalue weighted by atomic mass is 32.1. The van der Waals surface area contributed by atoms with Gasteiger partial charge in [0.05, 0.1) is 24.5 Å². The predicted molar refractivity (Wildman–Crippen MR) is 136 cm³/mol. The molecular formula is C27H28FNO6S. The van der Waals surface area contributed by atoms with Crippen molar-refractivity contribution < 1.29 is 32.9 Å². The molecule has 4 rings (SSSR count). The Morgan fingerprint density at radius 2 is 1.97 bits per heavy atom. The fourth-order valence-corrected chi connectivity index (χ4v) is 4.92. The Kier molecular flexibility index (Phi) is 8.22. The molecular weight excluding hydrogens is 485 g/mol. The maximum atomic E-state index is 13.7. The molecule has 0 amide bonds. The van der Waals surface area contributed by atoms with Gasteiger partial charge in [0.15, 0.2) is 6.10 Å². The third-order valence-electron chi connectivity index (χ3n) is 5.67. The lowest BCUT2D eigenvalue weighted by atomic mass is 10.1. The van der Waals surface area contributed by atoms with E-state index in [1.54, 1.807) is 24.3 Å². The number of benzene rings is 2. The summed E-state index contributed by atoms with van der Waals surface area (Å²) >= 11 is 1.55. The van der Waals surface area contributed by atoms with Gasteiger partial charge in [-0.05, 0) is 56.0 Å². The van der Waals surface area contributed by atoms with E-state index in [0.717, 1.165) is 27.1 Å². The Labute approximate surface area is 212 Å². The molecule has 0 fully saturated rings. The summed E-state index contributed by atoms with van der Waals surface area (Å²) < 4.78 is 37.5. The van der Waals surface area contributed by atoms with Crippen LogP contribution in [0.3, 0.4) is 0 Å². The lowest BCUT2D eigenvalue weighted by Gasteiger charge is -2.14. The number of carboxylic acid groups (broad SMARTS) is 1. The number of fused-ring (bicyclic) bond motifs is 1. The minimum absolute atomic E-state index is 0.286.